The molecule has 2 aromatic rings. The van der Waals surface area contributed by atoms with Gasteiger partial charge in [0.15, 0.2) is 0 Å². The molecule has 4 nitrogen and oxygen atoms in total. The Kier molecular flexibility index (Phi) is 4.58. The van der Waals surface area contributed by atoms with E-state index in [1.165, 1.54) is 5.56 Å². The van der Waals surface area contributed by atoms with E-state index in [0.29, 0.717) is 6.54 Å². The van der Waals surface area contributed by atoms with Crippen LogP contribution in [0.5, 0.6) is 5.75 Å². The van der Waals surface area contributed by atoms with Crippen molar-refractivity contribution in [1.82, 2.24) is 4.98 Å². The molecule has 0 aliphatic carbocycles. The molecule has 1 aromatic carbocycles. The molecule has 2 N–H and O–H groups in total. The van der Waals surface area contributed by atoms with Crippen LogP contribution in [0.2, 0.25) is 0 Å². The van der Waals surface area contributed by atoms with Crippen molar-refractivity contribution in [2.75, 3.05) is 25.6 Å². The maximum absolute atomic E-state index is 5.98. The first-order chi connectivity index (χ1) is 9.67. The molecule has 0 fully saturated rings. The highest BCUT2D eigenvalue weighted by Crippen LogP contribution is 2.28. The Bertz CT molecular complexity index is 571. The summed E-state index contributed by atoms with van der Waals surface area (Å²) in [7, 11) is 3.71. The number of pyridine rings is 1. The highest BCUT2D eigenvalue weighted by molar-refractivity contribution is 5.52. The van der Waals surface area contributed by atoms with Gasteiger partial charge in [0, 0.05) is 37.7 Å². The monoisotopic (exact) mass is 271 g/mol. The minimum atomic E-state index is 0.0933. The zero-order chi connectivity index (χ0) is 14.5. The number of nitrogens with zero attached hydrogens (tertiary/aromatic N) is 2. The molecule has 0 bridgehead atoms. The zero-order valence-electron chi connectivity index (χ0n) is 12.2. The molecule has 1 unspecified atom stereocenters. The topological polar surface area (TPSA) is 51.4 Å². The van der Waals surface area contributed by atoms with E-state index in [2.05, 4.69) is 22.9 Å². The van der Waals surface area contributed by atoms with E-state index in [-0.39, 0.29) is 6.04 Å². The van der Waals surface area contributed by atoms with Crippen LogP contribution in [0, 0.1) is 6.92 Å². The Morgan fingerprint density at radius 3 is 2.80 bits per heavy atom. The second-order valence-electron chi connectivity index (χ2n) is 4.80. The molecule has 1 heterocycles. The quantitative estimate of drug-likeness (QED) is 0.908. The van der Waals surface area contributed by atoms with E-state index in [9.17, 15) is 0 Å². The second-order valence-corrected chi connectivity index (χ2v) is 4.80. The fraction of sp³-hybridized carbons (Fsp3) is 0.312. The average molecular weight is 271 g/mol. The average Bonchev–Trinajstić information content (AvgIpc) is 2.49. The van der Waals surface area contributed by atoms with Crippen LogP contribution in [0.15, 0.2) is 42.7 Å². The minimum Gasteiger partial charge on any atom is -0.497 e. The van der Waals surface area contributed by atoms with E-state index in [4.69, 9.17) is 10.5 Å². The standard InChI is InChI=1S/C16H21N3O/c1-12-7-8-18-11-15(12)16(10-17)19(2)13-5-4-6-14(9-13)20-3/h4-9,11,16H,10,17H2,1-3H3. The summed E-state index contributed by atoms with van der Waals surface area (Å²) in [6.07, 6.45) is 3.70. The van der Waals surface area contributed by atoms with Crippen LogP contribution in [-0.4, -0.2) is 25.7 Å². The van der Waals surface area contributed by atoms with Crippen LogP contribution in [0.4, 0.5) is 5.69 Å². The number of aromatic nitrogens is 1. The third-order valence-electron chi connectivity index (χ3n) is 3.59. The molecule has 4 heteroatoms. The Labute approximate surface area is 120 Å². The molecule has 0 radical (unpaired) electrons. The van der Waals surface area contributed by atoms with E-state index >= 15 is 0 Å². The van der Waals surface area contributed by atoms with Gasteiger partial charge in [-0.05, 0) is 36.2 Å². The molecule has 0 spiro atoms. The SMILES string of the molecule is COc1cccc(N(C)C(CN)c2cnccc2C)c1. The molecular weight excluding hydrogens is 250 g/mol. The molecule has 106 valence electrons. The third kappa shape index (κ3) is 2.91. The fourth-order valence-corrected chi connectivity index (χ4v) is 2.33. The molecule has 0 aliphatic rings. The number of rotatable bonds is 5. The van der Waals surface area contributed by atoms with Crippen molar-refractivity contribution in [3.63, 3.8) is 0 Å². The van der Waals surface area contributed by atoms with Crippen LogP contribution in [0.25, 0.3) is 0 Å². The lowest BCUT2D eigenvalue weighted by atomic mass is 10.0. The Hall–Kier alpha value is -2.07. The highest BCUT2D eigenvalue weighted by Gasteiger charge is 2.18. The summed E-state index contributed by atoms with van der Waals surface area (Å²) in [6.45, 7) is 2.61. The number of methoxy groups -OCH3 is 1. The molecule has 1 aromatic heterocycles. The van der Waals surface area contributed by atoms with Crippen molar-refractivity contribution in [2.45, 2.75) is 13.0 Å². The van der Waals surface area contributed by atoms with Gasteiger partial charge >= 0.3 is 0 Å². The number of likely N-dealkylation sites (N-methyl/N-ethyl adjacent to an activating group) is 1. The summed E-state index contributed by atoms with van der Waals surface area (Å²) >= 11 is 0. The molecular formula is C16H21N3O. The van der Waals surface area contributed by atoms with Crippen molar-refractivity contribution in [2.24, 2.45) is 5.73 Å². The fourth-order valence-electron chi connectivity index (χ4n) is 2.33. The van der Waals surface area contributed by atoms with Gasteiger partial charge in [-0.15, -0.1) is 0 Å². The molecule has 0 saturated carbocycles. The van der Waals surface area contributed by atoms with E-state index < -0.39 is 0 Å². The molecule has 2 rings (SSSR count). The van der Waals surface area contributed by atoms with Gasteiger partial charge in [0.1, 0.15) is 5.75 Å². The summed E-state index contributed by atoms with van der Waals surface area (Å²) in [5, 5.41) is 0. The first-order valence-electron chi connectivity index (χ1n) is 6.65. The molecule has 0 amide bonds. The van der Waals surface area contributed by atoms with Gasteiger partial charge in [0.05, 0.1) is 13.2 Å². The van der Waals surface area contributed by atoms with E-state index in [1.807, 2.05) is 37.5 Å². The van der Waals surface area contributed by atoms with Crippen LogP contribution in [0.3, 0.4) is 0 Å². The highest BCUT2D eigenvalue weighted by atomic mass is 16.5. The Balaban J connectivity index is 2.33. The van der Waals surface area contributed by atoms with E-state index in [1.54, 1.807) is 13.3 Å². The number of aryl methyl sites for hydroxylation is 1. The van der Waals surface area contributed by atoms with Crippen LogP contribution in [0.1, 0.15) is 17.2 Å². The number of nitrogens with two attached hydrogens (primary N) is 1. The maximum Gasteiger partial charge on any atom is 0.120 e. The lowest BCUT2D eigenvalue weighted by Crippen LogP contribution is -2.31. The van der Waals surface area contributed by atoms with Gasteiger partial charge < -0.3 is 15.4 Å². The number of anilines is 1. The molecule has 0 saturated heterocycles. The molecule has 1 atom stereocenters. The Morgan fingerprint density at radius 2 is 2.15 bits per heavy atom. The normalized spacial score (nSPS) is 12.0. The van der Waals surface area contributed by atoms with Crippen molar-refractivity contribution in [3.05, 3.63) is 53.9 Å². The summed E-state index contributed by atoms with van der Waals surface area (Å²) in [5.74, 6) is 0.841. The first kappa shape index (κ1) is 14.3. The number of hydrogen-bond acceptors (Lipinski definition) is 4. The summed E-state index contributed by atoms with van der Waals surface area (Å²) in [6, 6.07) is 10.1. The smallest absolute Gasteiger partial charge is 0.120 e. The van der Waals surface area contributed by atoms with Gasteiger partial charge in [0.25, 0.3) is 0 Å². The number of benzene rings is 1. The summed E-state index contributed by atoms with van der Waals surface area (Å²) in [5.41, 5.74) is 9.41. The van der Waals surface area contributed by atoms with Gasteiger partial charge in [-0.1, -0.05) is 6.07 Å². The third-order valence-corrected chi connectivity index (χ3v) is 3.59. The van der Waals surface area contributed by atoms with E-state index in [0.717, 1.165) is 17.0 Å². The Morgan fingerprint density at radius 1 is 1.35 bits per heavy atom. The van der Waals surface area contributed by atoms with Gasteiger partial charge in [-0.3, -0.25) is 4.98 Å². The largest absolute Gasteiger partial charge is 0.497 e. The number of ether oxygens (including phenoxy) is 1. The van der Waals surface area contributed by atoms with Crippen molar-refractivity contribution >= 4 is 5.69 Å². The summed E-state index contributed by atoms with van der Waals surface area (Å²) in [4.78, 5) is 6.38. The zero-order valence-corrected chi connectivity index (χ0v) is 12.2. The lowest BCUT2D eigenvalue weighted by Gasteiger charge is -2.30. The van der Waals surface area contributed by atoms with Crippen LogP contribution in [-0.2, 0) is 0 Å². The van der Waals surface area contributed by atoms with Crippen molar-refractivity contribution in [1.29, 1.82) is 0 Å². The predicted molar refractivity (Wildman–Crippen MR) is 82.2 cm³/mol. The van der Waals surface area contributed by atoms with Crippen molar-refractivity contribution < 1.29 is 4.74 Å². The second kappa shape index (κ2) is 6.39. The summed E-state index contributed by atoms with van der Waals surface area (Å²) < 4.78 is 5.28. The lowest BCUT2D eigenvalue weighted by molar-refractivity contribution is 0.414. The maximum atomic E-state index is 5.98. The van der Waals surface area contributed by atoms with Crippen LogP contribution < -0.4 is 15.4 Å². The van der Waals surface area contributed by atoms with Gasteiger partial charge in [-0.25, -0.2) is 0 Å². The first-order valence-corrected chi connectivity index (χ1v) is 6.65. The minimum absolute atomic E-state index is 0.0933. The van der Waals surface area contributed by atoms with Gasteiger partial charge in [-0.2, -0.15) is 0 Å². The molecule has 0 aliphatic heterocycles. The van der Waals surface area contributed by atoms with Crippen LogP contribution >= 0.6 is 0 Å². The number of hydrogen-bond donors (Lipinski definition) is 1. The molecule has 20 heavy (non-hydrogen) atoms. The van der Waals surface area contributed by atoms with Gasteiger partial charge in [0.2, 0.25) is 0 Å². The van der Waals surface area contributed by atoms with Crippen molar-refractivity contribution in [3.8, 4) is 5.75 Å². The predicted octanol–water partition coefficient (Wildman–Crippen LogP) is 2.53.